The molecule has 7 nitrogen and oxygen atoms in total. The van der Waals surface area contributed by atoms with Gasteiger partial charge in [0.25, 0.3) is 0 Å². The van der Waals surface area contributed by atoms with E-state index in [1.165, 1.54) is 28.8 Å². The molecule has 0 bridgehead atoms. The number of likely N-dealkylation sites (tertiary alicyclic amines) is 1. The van der Waals surface area contributed by atoms with Crippen LogP contribution in [0.5, 0.6) is 0 Å². The normalized spacial score (nSPS) is 19.1. The molecule has 3 amide bonds. The van der Waals surface area contributed by atoms with E-state index in [0.29, 0.717) is 39.1 Å². The summed E-state index contributed by atoms with van der Waals surface area (Å²) in [6.45, 7) is 4.06. The third kappa shape index (κ3) is 6.40. The fraction of sp³-hybridized carbons (Fsp3) is 0.387. The number of hydrogen-bond acceptors (Lipinski definition) is 4. The summed E-state index contributed by atoms with van der Waals surface area (Å²) in [5.74, 6) is -0.848. The fourth-order valence-electron chi connectivity index (χ4n) is 5.76. The molecule has 1 fully saturated rings. The first-order valence-corrected chi connectivity index (χ1v) is 13.6. The van der Waals surface area contributed by atoms with Gasteiger partial charge in [-0.15, -0.1) is 0 Å². The number of nitrogens with one attached hydrogen (secondary N) is 3. The Morgan fingerprint density at radius 3 is 2.37 bits per heavy atom. The maximum absolute atomic E-state index is 13.4. The lowest BCUT2D eigenvalue weighted by molar-refractivity contribution is -0.130. The highest BCUT2D eigenvalue weighted by Gasteiger charge is 2.35. The number of hydrogen-bond donors (Lipinski definition) is 3. The van der Waals surface area contributed by atoms with Crippen LogP contribution in [0, 0.1) is 11.8 Å². The number of benzene rings is 3. The molecule has 1 heterocycles. The van der Waals surface area contributed by atoms with Crippen molar-refractivity contribution in [2.45, 2.75) is 39.2 Å². The second kappa shape index (κ2) is 11.8. The molecule has 2 atom stereocenters. The maximum Gasteiger partial charge on any atom is 0.228 e. The van der Waals surface area contributed by atoms with Crippen molar-refractivity contribution in [3.63, 3.8) is 0 Å². The Bertz CT molecular complexity index is 1340. The van der Waals surface area contributed by atoms with Crippen LogP contribution < -0.4 is 16.0 Å². The second-order valence-electron chi connectivity index (χ2n) is 10.6. The largest absolute Gasteiger partial charge is 0.355 e. The van der Waals surface area contributed by atoms with Crippen LogP contribution in [0.25, 0.3) is 10.8 Å². The van der Waals surface area contributed by atoms with Crippen molar-refractivity contribution in [3.05, 3.63) is 77.4 Å². The van der Waals surface area contributed by atoms with Gasteiger partial charge in [0, 0.05) is 45.3 Å². The van der Waals surface area contributed by atoms with Gasteiger partial charge in [-0.2, -0.15) is 0 Å². The molecule has 0 radical (unpaired) electrons. The zero-order valence-corrected chi connectivity index (χ0v) is 22.0. The van der Waals surface area contributed by atoms with Gasteiger partial charge in [0.2, 0.25) is 17.7 Å². The summed E-state index contributed by atoms with van der Waals surface area (Å²) in [5.41, 5.74) is 4.69. The molecule has 0 saturated carbocycles. The average molecular weight is 513 g/mol. The molecule has 1 saturated heterocycles. The molecule has 1 aliphatic carbocycles. The Labute approximate surface area is 224 Å². The molecule has 1 aliphatic heterocycles. The van der Waals surface area contributed by atoms with Crippen LogP contribution in [0.1, 0.15) is 36.5 Å². The number of fused-ring (bicyclic) bond motifs is 2. The molecule has 5 rings (SSSR count). The molecule has 3 aromatic rings. The number of nitrogens with zero attached hydrogens (tertiary/aromatic N) is 1. The molecule has 198 valence electrons. The predicted octanol–water partition coefficient (Wildman–Crippen LogP) is 3.66. The van der Waals surface area contributed by atoms with E-state index < -0.39 is 0 Å². The van der Waals surface area contributed by atoms with Crippen molar-refractivity contribution in [2.75, 3.05) is 31.5 Å². The van der Waals surface area contributed by atoms with Gasteiger partial charge in [-0.1, -0.05) is 42.5 Å². The lowest BCUT2D eigenvalue weighted by Gasteiger charge is -2.36. The van der Waals surface area contributed by atoms with E-state index in [1.807, 2.05) is 18.2 Å². The van der Waals surface area contributed by atoms with Crippen molar-refractivity contribution < 1.29 is 14.4 Å². The van der Waals surface area contributed by atoms with Crippen molar-refractivity contribution >= 4 is 34.2 Å². The van der Waals surface area contributed by atoms with E-state index in [1.54, 1.807) is 0 Å². The Morgan fingerprint density at radius 2 is 1.55 bits per heavy atom. The van der Waals surface area contributed by atoms with Crippen LogP contribution in [0.2, 0.25) is 0 Å². The number of rotatable bonds is 8. The number of aryl methyl sites for hydroxylation is 2. The molecule has 3 N–H and O–H groups in total. The van der Waals surface area contributed by atoms with E-state index in [4.69, 9.17) is 0 Å². The molecule has 2 aliphatic rings. The molecule has 0 aromatic heterocycles. The predicted molar refractivity (Wildman–Crippen MR) is 150 cm³/mol. The van der Waals surface area contributed by atoms with Crippen molar-refractivity contribution in [1.29, 1.82) is 0 Å². The zero-order valence-electron chi connectivity index (χ0n) is 22.0. The van der Waals surface area contributed by atoms with Gasteiger partial charge in [0.1, 0.15) is 0 Å². The molecular weight excluding hydrogens is 476 g/mol. The highest BCUT2D eigenvalue weighted by atomic mass is 16.2. The number of carbonyl (C=O) groups is 3. The summed E-state index contributed by atoms with van der Waals surface area (Å²) >= 11 is 0. The third-order valence-corrected chi connectivity index (χ3v) is 7.65. The van der Waals surface area contributed by atoms with Crippen LogP contribution in [0.15, 0.2) is 60.7 Å². The monoisotopic (exact) mass is 512 g/mol. The van der Waals surface area contributed by atoms with Gasteiger partial charge in [-0.25, -0.2) is 0 Å². The van der Waals surface area contributed by atoms with E-state index >= 15 is 0 Å². The van der Waals surface area contributed by atoms with Crippen LogP contribution in [0.4, 0.5) is 5.69 Å². The SMILES string of the molecule is CC(=O)NCCNC(=O)[C@H]1C[C@@H](C(=O)Nc2ccc3c(c2)CCC3)CN(Cc2ccc3ccccc3c2)C1. The average Bonchev–Trinajstić information content (AvgIpc) is 3.38. The summed E-state index contributed by atoms with van der Waals surface area (Å²) in [7, 11) is 0. The van der Waals surface area contributed by atoms with Crippen LogP contribution >= 0.6 is 0 Å². The van der Waals surface area contributed by atoms with Crippen LogP contribution in [-0.4, -0.2) is 48.8 Å². The van der Waals surface area contributed by atoms with Crippen LogP contribution in [0.3, 0.4) is 0 Å². The van der Waals surface area contributed by atoms with E-state index in [-0.39, 0.29) is 29.6 Å². The van der Waals surface area contributed by atoms with Gasteiger partial charge in [0.05, 0.1) is 11.8 Å². The minimum Gasteiger partial charge on any atom is -0.355 e. The first-order valence-electron chi connectivity index (χ1n) is 13.6. The molecule has 0 unspecified atom stereocenters. The summed E-state index contributed by atoms with van der Waals surface area (Å²) in [6, 6.07) is 20.9. The molecule has 0 spiro atoms. The van der Waals surface area contributed by atoms with E-state index in [0.717, 1.165) is 30.5 Å². The van der Waals surface area contributed by atoms with Gasteiger partial charge < -0.3 is 16.0 Å². The molecule has 3 aromatic carbocycles. The Morgan fingerprint density at radius 1 is 0.816 bits per heavy atom. The van der Waals surface area contributed by atoms with E-state index in [2.05, 4.69) is 63.3 Å². The fourth-order valence-corrected chi connectivity index (χ4v) is 5.76. The van der Waals surface area contributed by atoms with E-state index in [9.17, 15) is 14.4 Å². The number of anilines is 1. The summed E-state index contributed by atoms with van der Waals surface area (Å²) in [6.07, 6.45) is 3.83. The Hall–Kier alpha value is -3.71. The number of amides is 3. The third-order valence-electron chi connectivity index (χ3n) is 7.65. The quantitative estimate of drug-likeness (QED) is 0.402. The highest BCUT2D eigenvalue weighted by Crippen LogP contribution is 2.28. The standard InChI is InChI=1S/C31H36N4O3/c1-21(36)32-13-14-33-30(37)27-16-28(31(38)34-29-12-11-24-7-4-8-26(24)17-29)20-35(19-27)18-22-9-10-23-5-2-3-6-25(23)15-22/h2-3,5-6,9-12,15,17,27-28H,4,7-8,13-14,16,18-20H2,1H3,(H,32,36)(H,33,37)(H,34,38)/t27-,28+/m0/s1. The molecular formula is C31H36N4O3. The van der Waals surface area contributed by atoms with Gasteiger partial charge in [-0.3, -0.25) is 19.3 Å². The van der Waals surface area contributed by atoms with Gasteiger partial charge >= 0.3 is 0 Å². The molecule has 38 heavy (non-hydrogen) atoms. The first-order chi connectivity index (χ1) is 18.4. The second-order valence-corrected chi connectivity index (χ2v) is 10.6. The van der Waals surface area contributed by atoms with Gasteiger partial charge in [-0.05, 0) is 71.3 Å². The topological polar surface area (TPSA) is 90.5 Å². The minimum atomic E-state index is -0.308. The Balaban J connectivity index is 1.29. The van der Waals surface area contributed by atoms with Gasteiger partial charge in [0.15, 0.2) is 0 Å². The summed E-state index contributed by atoms with van der Waals surface area (Å²) < 4.78 is 0. The first kappa shape index (κ1) is 25.9. The lowest BCUT2D eigenvalue weighted by atomic mass is 9.87. The van der Waals surface area contributed by atoms with Crippen molar-refractivity contribution in [1.82, 2.24) is 15.5 Å². The maximum atomic E-state index is 13.4. The number of carbonyl (C=O) groups excluding carboxylic acids is 3. The van der Waals surface area contributed by atoms with Crippen molar-refractivity contribution in [2.24, 2.45) is 11.8 Å². The Kier molecular flexibility index (Phi) is 8.03. The highest BCUT2D eigenvalue weighted by molar-refractivity contribution is 5.93. The minimum absolute atomic E-state index is 0.0396. The van der Waals surface area contributed by atoms with Crippen molar-refractivity contribution in [3.8, 4) is 0 Å². The summed E-state index contributed by atoms with van der Waals surface area (Å²) in [4.78, 5) is 39.9. The summed E-state index contributed by atoms with van der Waals surface area (Å²) in [5, 5.41) is 11.1. The smallest absolute Gasteiger partial charge is 0.228 e. The molecule has 7 heteroatoms. The zero-order chi connectivity index (χ0) is 26.5. The lowest BCUT2D eigenvalue weighted by Crippen LogP contribution is -2.49. The number of piperidine rings is 1. The van der Waals surface area contributed by atoms with Crippen LogP contribution in [-0.2, 0) is 33.8 Å².